The van der Waals surface area contributed by atoms with Gasteiger partial charge in [-0.1, -0.05) is 12.1 Å². The predicted octanol–water partition coefficient (Wildman–Crippen LogP) is 1.51. The number of rotatable bonds is 4. The predicted molar refractivity (Wildman–Crippen MR) is 68.2 cm³/mol. The standard InChI is InChI=1S/C13H14FN3O2/c1-8(15)10-6-13(18)17-12(16-10)7-19-11-5-3-2-4-9(11)14/h2-6,8H,7,15H2,1H3,(H,16,17,18). The molecule has 100 valence electrons. The molecule has 19 heavy (non-hydrogen) atoms. The summed E-state index contributed by atoms with van der Waals surface area (Å²) in [6.07, 6.45) is 0. The summed E-state index contributed by atoms with van der Waals surface area (Å²) in [7, 11) is 0. The van der Waals surface area contributed by atoms with Crippen molar-refractivity contribution in [3.8, 4) is 5.75 Å². The van der Waals surface area contributed by atoms with Crippen molar-refractivity contribution in [3.05, 3.63) is 58.0 Å². The minimum Gasteiger partial charge on any atom is -0.483 e. The van der Waals surface area contributed by atoms with E-state index in [1.807, 2.05) is 0 Å². The van der Waals surface area contributed by atoms with Crippen LogP contribution >= 0.6 is 0 Å². The third-order valence-corrected chi connectivity index (χ3v) is 2.48. The first-order valence-corrected chi connectivity index (χ1v) is 5.79. The van der Waals surface area contributed by atoms with Crippen LogP contribution in [0.3, 0.4) is 0 Å². The molecule has 3 N–H and O–H groups in total. The molecule has 0 radical (unpaired) electrons. The molecular weight excluding hydrogens is 249 g/mol. The Bertz CT molecular complexity index is 625. The molecule has 0 amide bonds. The van der Waals surface area contributed by atoms with Gasteiger partial charge < -0.3 is 15.5 Å². The highest BCUT2D eigenvalue weighted by Crippen LogP contribution is 2.16. The number of aromatic amines is 1. The van der Waals surface area contributed by atoms with Gasteiger partial charge in [0.15, 0.2) is 11.6 Å². The molecule has 2 aromatic rings. The Morgan fingerprint density at radius 3 is 2.89 bits per heavy atom. The van der Waals surface area contributed by atoms with Crippen molar-refractivity contribution in [2.24, 2.45) is 5.73 Å². The van der Waals surface area contributed by atoms with Gasteiger partial charge in [0.25, 0.3) is 5.56 Å². The highest BCUT2D eigenvalue weighted by molar-refractivity contribution is 5.23. The molecule has 5 nitrogen and oxygen atoms in total. The van der Waals surface area contributed by atoms with Gasteiger partial charge in [-0.2, -0.15) is 0 Å². The number of hydrogen-bond acceptors (Lipinski definition) is 4. The van der Waals surface area contributed by atoms with E-state index >= 15 is 0 Å². The average Bonchev–Trinajstić information content (AvgIpc) is 2.37. The number of nitrogens with zero attached hydrogens (tertiary/aromatic N) is 1. The fraction of sp³-hybridized carbons (Fsp3) is 0.231. The summed E-state index contributed by atoms with van der Waals surface area (Å²) in [6.45, 7) is 1.69. The quantitative estimate of drug-likeness (QED) is 0.876. The summed E-state index contributed by atoms with van der Waals surface area (Å²) in [4.78, 5) is 18.1. The Morgan fingerprint density at radius 2 is 2.21 bits per heavy atom. The molecular formula is C13H14FN3O2. The first-order valence-electron chi connectivity index (χ1n) is 5.79. The van der Waals surface area contributed by atoms with E-state index < -0.39 is 5.82 Å². The van der Waals surface area contributed by atoms with E-state index in [0.29, 0.717) is 11.5 Å². The Labute approximate surface area is 109 Å². The molecule has 1 aromatic heterocycles. The fourth-order valence-corrected chi connectivity index (χ4v) is 1.54. The molecule has 0 aliphatic carbocycles. The largest absolute Gasteiger partial charge is 0.483 e. The van der Waals surface area contributed by atoms with E-state index in [9.17, 15) is 9.18 Å². The minimum absolute atomic E-state index is 0.0310. The lowest BCUT2D eigenvalue weighted by atomic mass is 10.2. The van der Waals surface area contributed by atoms with Crippen LogP contribution in [-0.4, -0.2) is 9.97 Å². The lowest BCUT2D eigenvalue weighted by molar-refractivity contribution is 0.280. The van der Waals surface area contributed by atoms with Gasteiger partial charge in [-0.15, -0.1) is 0 Å². The molecule has 0 saturated heterocycles. The molecule has 0 aliphatic rings. The van der Waals surface area contributed by atoms with Gasteiger partial charge in [0, 0.05) is 12.1 Å². The summed E-state index contributed by atoms with van der Waals surface area (Å²) in [5, 5.41) is 0. The van der Waals surface area contributed by atoms with Crippen molar-refractivity contribution in [1.82, 2.24) is 9.97 Å². The van der Waals surface area contributed by atoms with Crippen LogP contribution in [0, 0.1) is 5.82 Å². The zero-order valence-electron chi connectivity index (χ0n) is 10.4. The minimum atomic E-state index is -0.465. The number of hydrogen-bond donors (Lipinski definition) is 2. The molecule has 1 unspecified atom stereocenters. The maximum atomic E-state index is 13.3. The zero-order chi connectivity index (χ0) is 13.8. The lowest BCUT2D eigenvalue weighted by Gasteiger charge is -2.09. The smallest absolute Gasteiger partial charge is 0.251 e. The maximum absolute atomic E-state index is 13.3. The highest BCUT2D eigenvalue weighted by Gasteiger charge is 2.07. The van der Waals surface area contributed by atoms with Crippen LogP contribution < -0.4 is 16.0 Å². The number of aromatic nitrogens is 2. The lowest BCUT2D eigenvalue weighted by Crippen LogP contribution is -2.18. The second kappa shape index (κ2) is 5.62. The Balaban J connectivity index is 2.16. The second-order valence-corrected chi connectivity index (χ2v) is 4.12. The third kappa shape index (κ3) is 3.38. The number of halogens is 1. The summed E-state index contributed by atoms with van der Waals surface area (Å²) in [6, 6.07) is 7.00. The molecule has 0 aliphatic heterocycles. The number of nitrogens with one attached hydrogen (secondary N) is 1. The fourth-order valence-electron chi connectivity index (χ4n) is 1.54. The summed E-state index contributed by atoms with van der Waals surface area (Å²) in [5.74, 6) is -0.0485. The number of benzene rings is 1. The van der Waals surface area contributed by atoms with Crippen molar-refractivity contribution < 1.29 is 9.13 Å². The third-order valence-electron chi connectivity index (χ3n) is 2.48. The van der Waals surface area contributed by atoms with Crippen LogP contribution in [0.2, 0.25) is 0 Å². The van der Waals surface area contributed by atoms with Crippen molar-refractivity contribution in [2.45, 2.75) is 19.6 Å². The highest BCUT2D eigenvalue weighted by atomic mass is 19.1. The maximum Gasteiger partial charge on any atom is 0.251 e. The molecule has 1 heterocycles. The van der Waals surface area contributed by atoms with E-state index in [1.165, 1.54) is 18.2 Å². The first kappa shape index (κ1) is 13.2. The Hall–Kier alpha value is -2.21. The zero-order valence-corrected chi connectivity index (χ0v) is 10.4. The van der Waals surface area contributed by atoms with Crippen molar-refractivity contribution in [1.29, 1.82) is 0 Å². The van der Waals surface area contributed by atoms with Crippen LogP contribution in [0.15, 0.2) is 35.1 Å². The summed E-state index contributed by atoms with van der Waals surface area (Å²) >= 11 is 0. The van der Waals surface area contributed by atoms with Crippen LogP contribution in [0.4, 0.5) is 4.39 Å². The molecule has 6 heteroatoms. The Kier molecular flexibility index (Phi) is 3.91. The van der Waals surface area contributed by atoms with Gasteiger partial charge in [-0.3, -0.25) is 4.79 Å². The van der Waals surface area contributed by atoms with Gasteiger partial charge in [-0.05, 0) is 19.1 Å². The summed E-state index contributed by atoms with van der Waals surface area (Å²) in [5.41, 5.74) is 5.82. The van der Waals surface area contributed by atoms with Crippen LogP contribution in [0.5, 0.6) is 5.75 Å². The molecule has 0 bridgehead atoms. The van der Waals surface area contributed by atoms with Crippen LogP contribution in [0.1, 0.15) is 24.5 Å². The molecule has 0 saturated carbocycles. The molecule has 0 fully saturated rings. The van der Waals surface area contributed by atoms with Crippen LogP contribution in [-0.2, 0) is 6.61 Å². The van der Waals surface area contributed by atoms with Gasteiger partial charge in [-0.25, -0.2) is 9.37 Å². The summed E-state index contributed by atoms with van der Waals surface area (Å²) < 4.78 is 18.6. The number of ether oxygens (including phenoxy) is 1. The number of para-hydroxylation sites is 1. The van der Waals surface area contributed by atoms with Crippen molar-refractivity contribution >= 4 is 0 Å². The van der Waals surface area contributed by atoms with E-state index in [-0.39, 0.29) is 24.0 Å². The molecule has 1 aromatic carbocycles. The van der Waals surface area contributed by atoms with E-state index in [0.717, 1.165) is 0 Å². The van der Waals surface area contributed by atoms with Crippen molar-refractivity contribution in [3.63, 3.8) is 0 Å². The SMILES string of the molecule is CC(N)c1cc(=O)[nH]c(COc2ccccc2F)n1. The number of nitrogens with two attached hydrogens (primary N) is 1. The average molecular weight is 263 g/mol. The van der Waals surface area contributed by atoms with Gasteiger partial charge in [0.05, 0.1) is 5.69 Å². The van der Waals surface area contributed by atoms with Crippen LogP contribution in [0.25, 0.3) is 0 Å². The second-order valence-electron chi connectivity index (χ2n) is 4.12. The van der Waals surface area contributed by atoms with E-state index in [1.54, 1.807) is 19.1 Å². The number of H-pyrrole nitrogens is 1. The monoisotopic (exact) mass is 263 g/mol. The van der Waals surface area contributed by atoms with Crippen molar-refractivity contribution in [2.75, 3.05) is 0 Å². The van der Waals surface area contributed by atoms with E-state index in [4.69, 9.17) is 10.5 Å². The first-order chi connectivity index (χ1) is 9.06. The molecule has 2 rings (SSSR count). The Morgan fingerprint density at radius 1 is 1.47 bits per heavy atom. The van der Waals surface area contributed by atoms with Gasteiger partial charge in [0.2, 0.25) is 0 Å². The molecule has 0 spiro atoms. The molecule has 1 atom stereocenters. The van der Waals surface area contributed by atoms with E-state index in [2.05, 4.69) is 9.97 Å². The topological polar surface area (TPSA) is 81.0 Å². The van der Waals surface area contributed by atoms with Gasteiger partial charge >= 0.3 is 0 Å². The normalized spacial score (nSPS) is 12.2. The van der Waals surface area contributed by atoms with Gasteiger partial charge in [0.1, 0.15) is 12.4 Å².